The van der Waals surface area contributed by atoms with Crippen LogP contribution in [0.1, 0.15) is 30.9 Å². The highest BCUT2D eigenvalue weighted by Crippen LogP contribution is 2.39. The molecule has 0 unspecified atom stereocenters. The van der Waals surface area contributed by atoms with Gasteiger partial charge in [0.15, 0.2) is 0 Å². The van der Waals surface area contributed by atoms with Crippen LogP contribution >= 0.6 is 23.2 Å². The van der Waals surface area contributed by atoms with Gasteiger partial charge in [-0.2, -0.15) is 4.98 Å². The first kappa shape index (κ1) is 17.8. The summed E-state index contributed by atoms with van der Waals surface area (Å²) in [4.78, 5) is 20.9. The van der Waals surface area contributed by atoms with E-state index in [-0.39, 0.29) is 5.95 Å². The Bertz CT molecular complexity index is 780. The molecule has 6 nitrogen and oxygen atoms in total. The average molecular weight is 379 g/mol. The van der Waals surface area contributed by atoms with E-state index in [0.717, 1.165) is 25.0 Å². The lowest BCUT2D eigenvalue weighted by molar-refractivity contribution is 0.262. The first-order valence-electron chi connectivity index (χ1n) is 8.00. The molecule has 2 aromatic rings. The zero-order valence-corrected chi connectivity index (χ0v) is 15.0. The Hall–Kier alpha value is -2.05. The van der Waals surface area contributed by atoms with Gasteiger partial charge in [0.2, 0.25) is 5.95 Å². The van der Waals surface area contributed by atoms with E-state index < -0.39 is 6.03 Å². The van der Waals surface area contributed by atoms with Crippen molar-refractivity contribution in [1.82, 2.24) is 9.97 Å². The number of carbonyl (C=O) groups is 1. The summed E-state index contributed by atoms with van der Waals surface area (Å²) in [7, 11) is 0. The second kappa shape index (κ2) is 7.89. The molecule has 8 heteroatoms. The van der Waals surface area contributed by atoms with Crippen molar-refractivity contribution < 1.29 is 4.79 Å². The molecule has 1 fully saturated rings. The molecule has 0 atom stereocenters. The molecule has 1 radical (unpaired) electrons. The summed E-state index contributed by atoms with van der Waals surface area (Å²) in [5, 5.41) is 9.31. The Labute approximate surface area is 156 Å². The molecule has 1 aromatic heterocycles. The molecular formula is C17H18Cl2N5O. The van der Waals surface area contributed by atoms with Crippen LogP contribution in [0.25, 0.3) is 0 Å². The van der Waals surface area contributed by atoms with Gasteiger partial charge in [0.1, 0.15) is 5.82 Å². The summed E-state index contributed by atoms with van der Waals surface area (Å²) < 4.78 is 0. The normalized spacial score (nSPS) is 13.4. The van der Waals surface area contributed by atoms with Crippen LogP contribution in [0.2, 0.25) is 10.0 Å². The maximum Gasteiger partial charge on any atom is 0.326 e. The zero-order chi connectivity index (χ0) is 17.8. The number of benzene rings is 1. The van der Waals surface area contributed by atoms with E-state index >= 15 is 0 Å². The van der Waals surface area contributed by atoms with Crippen molar-refractivity contribution in [1.29, 1.82) is 0 Å². The highest BCUT2D eigenvalue weighted by atomic mass is 35.5. The van der Waals surface area contributed by atoms with Gasteiger partial charge in [-0.05, 0) is 37.5 Å². The van der Waals surface area contributed by atoms with Gasteiger partial charge in [0.05, 0.1) is 15.7 Å². The lowest BCUT2D eigenvalue weighted by Crippen LogP contribution is -2.21. The number of amides is 2. The first-order valence-corrected chi connectivity index (χ1v) is 8.76. The minimum absolute atomic E-state index is 0.258. The largest absolute Gasteiger partial charge is 0.370 e. The molecule has 2 amide bonds. The zero-order valence-electron chi connectivity index (χ0n) is 13.5. The maximum absolute atomic E-state index is 12.2. The fourth-order valence-electron chi connectivity index (χ4n) is 2.25. The summed E-state index contributed by atoms with van der Waals surface area (Å²) in [6.07, 6.45) is 2.96. The predicted molar refractivity (Wildman–Crippen MR) is 102 cm³/mol. The molecule has 1 saturated carbocycles. The molecule has 0 spiro atoms. The van der Waals surface area contributed by atoms with E-state index in [2.05, 4.69) is 32.8 Å². The summed E-state index contributed by atoms with van der Waals surface area (Å²) in [6.45, 7) is 4.50. The highest BCUT2D eigenvalue weighted by Gasteiger charge is 2.26. The van der Waals surface area contributed by atoms with Crippen molar-refractivity contribution >= 4 is 46.7 Å². The topological polar surface area (TPSA) is 78.9 Å². The summed E-state index contributed by atoms with van der Waals surface area (Å²) in [5.74, 6) is 1.39. The third kappa shape index (κ3) is 4.96. The molecule has 1 heterocycles. The molecule has 131 valence electrons. The van der Waals surface area contributed by atoms with Gasteiger partial charge in [0.25, 0.3) is 0 Å². The van der Waals surface area contributed by atoms with Gasteiger partial charge in [-0.1, -0.05) is 30.1 Å². The number of rotatable bonds is 6. The minimum atomic E-state index is -0.450. The van der Waals surface area contributed by atoms with Gasteiger partial charge in [-0.15, -0.1) is 0 Å². The van der Waals surface area contributed by atoms with E-state index in [9.17, 15) is 4.79 Å². The molecule has 1 aromatic carbocycles. The Morgan fingerprint density at radius 3 is 2.64 bits per heavy atom. The monoisotopic (exact) mass is 378 g/mol. The minimum Gasteiger partial charge on any atom is -0.370 e. The first-order chi connectivity index (χ1) is 12.0. The Morgan fingerprint density at radius 1 is 1.16 bits per heavy atom. The van der Waals surface area contributed by atoms with E-state index in [1.807, 2.05) is 6.07 Å². The fraction of sp³-hybridized carbons (Fsp3) is 0.294. The van der Waals surface area contributed by atoms with Crippen molar-refractivity contribution in [3.63, 3.8) is 0 Å². The standard InChI is InChI=1S/C17H18Cl2N5O/c1-2-7-20-15-9-14(10-3-4-10)22-16(23-15)24-17(25)21-11-5-6-12(18)13(19)8-11/h5-6,8-10H,1-4,7H2,(H3,20,21,22,23,24,25). The van der Waals surface area contributed by atoms with Gasteiger partial charge in [-0.3, -0.25) is 5.32 Å². The number of aromatic nitrogens is 2. The molecule has 0 bridgehead atoms. The van der Waals surface area contributed by atoms with Crippen LogP contribution in [0.4, 0.5) is 22.2 Å². The number of nitrogens with zero attached hydrogens (tertiary/aromatic N) is 2. The van der Waals surface area contributed by atoms with Gasteiger partial charge < -0.3 is 10.6 Å². The number of anilines is 3. The van der Waals surface area contributed by atoms with Crippen LogP contribution in [0.5, 0.6) is 0 Å². The van der Waals surface area contributed by atoms with Crippen molar-refractivity contribution in [2.75, 3.05) is 22.5 Å². The average Bonchev–Trinajstić information content (AvgIpc) is 3.41. The Balaban J connectivity index is 1.70. The summed E-state index contributed by atoms with van der Waals surface area (Å²) in [5.41, 5.74) is 1.46. The van der Waals surface area contributed by atoms with Crippen molar-refractivity contribution in [2.24, 2.45) is 0 Å². The molecule has 0 aliphatic heterocycles. The van der Waals surface area contributed by atoms with E-state index in [0.29, 0.717) is 34.0 Å². The number of hydrogen-bond acceptors (Lipinski definition) is 4. The number of nitrogens with one attached hydrogen (secondary N) is 3. The van der Waals surface area contributed by atoms with E-state index in [1.165, 1.54) is 0 Å². The molecule has 0 saturated heterocycles. The van der Waals surface area contributed by atoms with Gasteiger partial charge in [0, 0.05) is 24.2 Å². The van der Waals surface area contributed by atoms with Crippen LogP contribution in [0, 0.1) is 6.92 Å². The highest BCUT2D eigenvalue weighted by molar-refractivity contribution is 6.42. The number of hydrogen-bond donors (Lipinski definition) is 3. The van der Waals surface area contributed by atoms with Crippen LogP contribution in [0.15, 0.2) is 24.3 Å². The number of urea groups is 1. The lowest BCUT2D eigenvalue weighted by atomic mass is 10.3. The molecule has 3 rings (SSSR count). The quantitative estimate of drug-likeness (QED) is 0.664. The SMILES string of the molecule is [CH2]CCNc1cc(C2CC2)nc(NC(=O)Nc2ccc(Cl)c(Cl)c2)n1. The Morgan fingerprint density at radius 2 is 1.96 bits per heavy atom. The number of halogens is 2. The molecule has 1 aliphatic carbocycles. The maximum atomic E-state index is 12.2. The van der Waals surface area contributed by atoms with Crippen molar-refractivity contribution in [2.45, 2.75) is 25.2 Å². The summed E-state index contributed by atoms with van der Waals surface area (Å²) in [6, 6.07) is 6.33. The molecular weight excluding hydrogens is 361 g/mol. The molecule has 3 N–H and O–H groups in total. The smallest absolute Gasteiger partial charge is 0.326 e. The summed E-state index contributed by atoms with van der Waals surface area (Å²) >= 11 is 11.8. The van der Waals surface area contributed by atoms with Crippen LogP contribution in [-0.4, -0.2) is 22.5 Å². The fourth-order valence-corrected chi connectivity index (χ4v) is 2.55. The van der Waals surface area contributed by atoms with E-state index in [4.69, 9.17) is 23.2 Å². The molecule has 1 aliphatic rings. The third-order valence-electron chi connectivity index (χ3n) is 3.63. The second-order valence-electron chi connectivity index (χ2n) is 5.76. The lowest BCUT2D eigenvalue weighted by Gasteiger charge is -2.11. The molecule has 25 heavy (non-hydrogen) atoms. The van der Waals surface area contributed by atoms with E-state index in [1.54, 1.807) is 18.2 Å². The van der Waals surface area contributed by atoms with Crippen LogP contribution < -0.4 is 16.0 Å². The Kier molecular flexibility index (Phi) is 5.60. The van der Waals surface area contributed by atoms with Crippen molar-refractivity contribution in [3.05, 3.63) is 46.9 Å². The van der Waals surface area contributed by atoms with Crippen molar-refractivity contribution in [3.8, 4) is 0 Å². The number of carbonyl (C=O) groups excluding carboxylic acids is 1. The third-order valence-corrected chi connectivity index (χ3v) is 4.37. The second-order valence-corrected chi connectivity index (χ2v) is 6.58. The predicted octanol–water partition coefficient (Wildman–Crippen LogP) is 4.94. The van der Waals surface area contributed by atoms with Crippen LogP contribution in [0.3, 0.4) is 0 Å². The van der Waals surface area contributed by atoms with Gasteiger partial charge >= 0.3 is 6.03 Å². The van der Waals surface area contributed by atoms with Gasteiger partial charge in [-0.25, -0.2) is 9.78 Å². The van der Waals surface area contributed by atoms with Crippen LogP contribution in [-0.2, 0) is 0 Å².